The van der Waals surface area contributed by atoms with E-state index in [1.807, 2.05) is 0 Å². The molecule has 0 bridgehead atoms. The first-order valence-electron chi connectivity index (χ1n) is 3.70. The minimum absolute atomic E-state index is 0.0966. The Balaban J connectivity index is 3.69. The van der Waals surface area contributed by atoms with Crippen LogP contribution in [0.25, 0.3) is 0 Å². The first-order valence-corrected chi connectivity index (χ1v) is 4.60. The molecular weight excluding hydrogens is 240 g/mol. The van der Waals surface area contributed by atoms with Gasteiger partial charge in [-0.05, 0) is 13.0 Å². The number of hydrogen-bond donors (Lipinski definition) is 2. The SMILES string of the molecule is Cc1cc(S)c(S)c([N+](=O)[O-])c1[N+](=O)[O-]. The standard InChI is InChI=1S/C7H6N2O4S2/c1-3-2-4(14)7(15)6(9(12)13)5(3)8(10)11/h2,14-15H,1H3. The van der Waals surface area contributed by atoms with E-state index in [0.29, 0.717) is 0 Å². The van der Waals surface area contributed by atoms with Gasteiger partial charge in [0.2, 0.25) is 0 Å². The lowest BCUT2D eigenvalue weighted by Crippen LogP contribution is -2.00. The maximum Gasteiger partial charge on any atom is 0.360 e. The Kier molecular flexibility index (Phi) is 3.20. The van der Waals surface area contributed by atoms with E-state index in [1.54, 1.807) is 0 Å². The number of rotatable bonds is 2. The Labute approximate surface area is 95.4 Å². The lowest BCUT2D eigenvalue weighted by atomic mass is 10.1. The average molecular weight is 246 g/mol. The van der Waals surface area contributed by atoms with Crippen molar-refractivity contribution in [1.29, 1.82) is 0 Å². The fourth-order valence-corrected chi connectivity index (χ4v) is 1.72. The fraction of sp³-hybridized carbons (Fsp3) is 0.143. The van der Waals surface area contributed by atoms with Crippen LogP contribution in [0, 0.1) is 27.2 Å². The number of thiol groups is 2. The van der Waals surface area contributed by atoms with Gasteiger partial charge in [-0.25, -0.2) is 0 Å². The quantitative estimate of drug-likeness (QED) is 0.476. The summed E-state index contributed by atoms with van der Waals surface area (Å²) in [5, 5.41) is 21.3. The summed E-state index contributed by atoms with van der Waals surface area (Å²) in [4.78, 5) is 19.9. The highest BCUT2D eigenvalue weighted by Gasteiger charge is 2.31. The minimum atomic E-state index is -0.826. The Morgan fingerprint density at radius 3 is 2.00 bits per heavy atom. The van der Waals surface area contributed by atoms with Crippen molar-refractivity contribution in [3.63, 3.8) is 0 Å². The van der Waals surface area contributed by atoms with Crippen molar-refractivity contribution in [3.05, 3.63) is 31.9 Å². The van der Waals surface area contributed by atoms with E-state index in [1.165, 1.54) is 13.0 Å². The van der Waals surface area contributed by atoms with Crippen LogP contribution < -0.4 is 0 Å². The number of hydrogen-bond acceptors (Lipinski definition) is 6. The summed E-state index contributed by atoms with van der Waals surface area (Å²) >= 11 is 7.78. The highest BCUT2D eigenvalue weighted by Crippen LogP contribution is 2.39. The van der Waals surface area contributed by atoms with Gasteiger partial charge in [0, 0.05) is 10.5 Å². The van der Waals surface area contributed by atoms with E-state index < -0.39 is 21.2 Å². The monoisotopic (exact) mass is 246 g/mol. The molecule has 0 aliphatic rings. The second-order valence-electron chi connectivity index (χ2n) is 2.77. The van der Waals surface area contributed by atoms with Crippen LogP contribution in [0.15, 0.2) is 15.9 Å². The van der Waals surface area contributed by atoms with Gasteiger partial charge in [0.05, 0.1) is 9.85 Å². The molecule has 0 saturated heterocycles. The van der Waals surface area contributed by atoms with Gasteiger partial charge in [0.1, 0.15) is 4.90 Å². The molecule has 80 valence electrons. The van der Waals surface area contributed by atoms with E-state index in [0.717, 1.165) is 0 Å². The second kappa shape index (κ2) is 4.07. The summed E-state index contributed by atoms with van der Waals surface area (Å²) in [7, 11) is 0. The molecule has 0 fully saturated rings. The van der Waals surface area contributed by atoms with Gasteiger partial charge < -0.3 is 0 Å². The number of benzene rings is 1. The van der Waals surface area contributed by atoms with Crippen molar-refractivity contribution >= 4 is 36.6 Å². The van der Waals surface area contributed by atoms with E-state index in [4.69, 9.17) is 0 Å². The number of nitro groups is 2. The molecular formula is C7H6N2O4S2. The van der Waals surface area contributed by atoms with Gasteiger partial charge >= 0.3 is 11.4 Å². The molecule has 1 aromatic rings. The molecule has 0 aliphatic heterocycles. The zero-order chi connectivity index (χ0) is 11.7. The first kappa shape index (κ1) is 11.8. The van der Waals surface area contributed by atoms with Gasteiger partial charge in [0.25, 0.3) is 0 Å². The Hall–Kier alpha value is -1.28. The molecule has 8 heteroatoms. The largest absolute Gasteiger partial charge is 0.360 e. The van der Waals surface area contributed by atoms with Crippen LogP contribution in [-0.2, 0) is 0 Å². The molecule has 0 N–H and O–H groups in total. The third kappa shape index (κ3) is 2.05. The summed E-state index contributed by atoms with van der Waals surface area (Å²) in [6.07, 6.45) is 0. The third-order valence-corrected chi connectivity index (χ3v) is 2.76. The summed E-state index contributed by atoms with van der Waals surface area (Å²) in [6, 6.07) is 1.37. The van der Waals surface area contributed by atoms with Crippen LogP contribution in [0.5, 0.6) is 0 Å². The molecule has 6 nitrogen and oxygen atoms in total. The third-order valence-electron chi connectivity index (χ3n) is 1.78. The summed E-state index contributed by atoms with van der Waals surface area (Å²) in [6.45, 7) is 1.41. The molecule has 0 atom stereocenters. The smallest absolute Gasteiger partial charge is 0.258 e. The Bertz CT molecular complexity index is 461. The molecule has 0 amide bonds. The summed E-state index contributed by atoms with van der Waals surface area (Å²) < 4.78 is 0. The maximum absolute atomic E-state index is 10.7. The molecule has 0 unspecified atom stereocenters. The minimum Gasteiger partial charge on any atom is -0.258 e. The van der Waals surface area contributed by atoms with Gasteiger partial charge in [-0.2, -0.15) is 0 Å². The van der Waals surface area contributed by atoms with Crippen LogP contribution in [-0.4, -0.2) is 9.85 Å². The van der Waals surface area contributed by atoms with Crippen molar-refractivity contribution in [1.82, 2.24) is 0 Å². The number of nitro benzene ring substituents is 2. The van der Waals surface area contributed by atoms with Crippen molar-refractivity contribution in [3.8, 4) is 0 Å². The van der Waals surface area contributed by atoms with Crippen molar-refractivity contribution < 1.29 is 9.85 Å². The molecule has 0 spiro atoms. The van der Waals surface area contributed by atoms with Crippen molar-refractivity contribution in [2.75, 3.05) is 0 Å². The predicted octanol–water partition coefficient (Wildman–Crippen LogP) is 2.39. The highest BCUT2D eigenvalue weighted by molar-refractivity contribution is 7.83. The van der Waals surface area contributed by atoms with Crippen LogP contribution in [0.2, 0.25) is 0 Å². The van der Waals surface area contributed by atoms with Crippen molar-refractivity contribution in [2.24, 2.45) is 0 Å². The average Bonchev–Trinajstić information content (AvgIpc) is 2.09. The number of aryl methyl sites for hydroxylation is 1. The normalized spacial score (nSPS) is 10.1. The van der Waals surface area contributed by atoms with Gasteiger partial charge in [-0.3, -0.25) is 20.2 Å². The van der Waals surface area contributed by atoms with Crippen LogP contribution in [0.1, 0.15) is 5.56 Å². The van der Waals surface area contributed by atoms with Crippen LogP contribution >= 0.6 is 25.3 Å². The zero-order valence-corrected chi connectivity index (χ0v) is 9.29. The maximum atomic E-state index is 10.7. The topological polar surface area (TPSA) is 86.3 Å². The molecule has 0 aromatic heterocycles. The fourth-order valence-electron chi connectivity index (χ4n) is 1.17. The highest BCUT2D eigenvalue weighted by atomic mass is 32.1. The molecule has 1 aromatic carbocycles. The Morgan fingerprint density at radius 2 is 1.60 bits per heavy atom. The molecule has 0 aliphatic carbocycles. The second-order valence-corrected chi connectivity index (χ2v) is 3.70. The van der Waals surface area contributed by atoms with Gasteiger partial charge in [-0.15, -0.1) is 25.3 Å². The van der Waals surface area contributed by atoms with Gasteiger partial charge in [-0.1, -0.05) is 0 Å². The predicted molar refractivity (Wildman–Crippen MR) is 59.0 cm³/mol. The first-order chi connectivity index (χ1) is 6.86. The molecule has 0 radical (unpaired) electrons. The van der Waals surface area contributed by atoms with E-state index in [9.17, 15) is 20.2 Å². The Morgan fingerprint density at radius 1 is 1.13 bits per heavy atom. The molecule has 0 saturated carbocycles. The van der Waals surface area contributed by atoms with E-state index in [2.05, 4.69) is 25.3 Å². The van der Waals surface area contributed by atoms with Crippen LogP contribution in [0.4, 0.5) is 11.4 Å². The lowest BCUT2D eigenvalue weighted by molar-refractivity contribution is -0.425. The van der Waals surface area contributed by atoms with Crippen LogP contribution in [0.3, 0.4) is 0 Å². The van der Waals surface area contributed by atoms with E-state index in [-0.39, 0.29) is 15.4 Å². The number of nitrogens with zero attached hydrogens (tertiary/aromatic N) is 2. The zero-order valence-electron chi connectivity index (χ0n) is 7.50. The molecule has 1 rings (SSSR count). The van der Waals surface area contributed by atoms with Crippen molar-refractivity contribution in [2.45, 2.75) is 16.7 Å². The lowest BCUT2D eigenvalue weighted by Gasteiger charge is -2.03. The summed E-state index contributed by atoms with van der Waals surface area (Å²) in [5.41, 5.74) is -0.967. The summed E-state index contributed by atoms with van der Waals surface area (Å²) in [5.74, 6) is 0. The van der Waals surface area contributed by atoms with Gasteiger partial charge in [0.15, 0.2) is 0 Å². The molecule has 0 heterocycles. The van der Waals surface area contributed by atoms with E-state index >= 15 is 0 Å². The molecule has 15 heavy (non-hydrogen) atoms.